The second kappa shape index (κ2) is 6.90. The summed E-state index contributed by atoms with van der Waals surface area (Å²) in [6.07, 6.45) is 2.05. The predicted octanol–water partition coefficient (Wildman–Crippen LogP) is 3.09. The third kappa shape index (κ3) is 5.65. The molecule has 0 aromatic carbocycles. The van der Waals surface area contributed by atoms with Crippen molar-refractivity contribution >= 4 is 17.2 Å². The second-order valence-corrected chi connectivity index (χ2v) is 6.51. The molecule has 1 unspecified atom stereocenters. The quantitative estimate of drug-likeness (QED) is 0.832. The van der Waals surface area contributed by atoms with E-state index in [2.05, 4.69) is 49.8 Å². The first kappa shape index (κ1) is 15.2. The lowest BCUT2D eigenvalue weighted by Gasteiger charge is -2.22. The van der Waals surface area contributed by atoms with Crippen LogP contribution in [0.1, 0.15) is 51.5 Å². The summed E-state index contributed by atoms with van der Waals surface area (Å²) in [6.45, 7) is 8.69. The molecule has 2 N–H and O–H groups in total. The Labute approximate surface area is 114 Å². The molecular formula is C14H24N2OS. The van der Waals surface area contributed by atoms with Crippen molar-refractivity contribution < 1.29 is 4.79 Å². The van der Waals surface area contributed by atoms with Crippen LogP contribution in [0.15, 0.2) is 17.5 Å². The van der Waals surface area contributed by atoms with Crippen molar-refractivity contribution in [2.24, 2.45) is 0 Å². The molecular weight excluding hydrogens is 244 g/mol. The van der Waals surface area contributed by atoms with E-state index < -0.39 is 0 Å². The van der Waals surface area contributed by atoms with Crippen LogP contribution in [0.2, 0.25) is 0 Å². The van der Waals surface area contributed by atoms with Crippen molar-refractivity contribution in [1.82, 2.24) is 10.6 Å². The van der Waals surface area contributed by atoms with Gasteiger partial charge < -0.3 is 10.6 Å². The highest BCUT2D eigenvalue weighted by Gasteiger charge is 2.16. The van der Waals surface area contributed by atoms with Gasteiger partial charge >= 0.3 is 0 Å². The minimum absolute atomic E-state index is 0.0273. The average Bonchev–Trinajstić information content (AvgIpc) is 2.78. The fourth-order valence-electron chi connectivity index (χ4n) is 1.65. The lowest BCUT2D eigenvalue weighted by molar-refractivity contribution is -0.121. The van der Waals surface area contributed by atoms with Gasteiger partial charge in [-0.1, -0.05) is 19.4 Å². The van der Waals surface area contributed by atoms with Gasteiger partial charge in [0.15, 0.2) is 0 Å². The molecule has 1 aromatic heterocycles. The minimum Gasteiger partial charge on any atom is -0.347 e. The summed E-state index contributed by atoms with van der Waals surface area (Å²) < 4.78 is 0. The Kier molecular flexibility index (Phi) is 5.82. The van der Waals surface area contributed by atoms with Gasteiger partial charge in [-0.15, -0.1) is 11.3 Å². The van der Waals surface area contributed by atoms with E-state index in [0.717, 1.165) is 12.8 Å². The predicted molar refractivity (Wildman–Crippen MR) is 77.9 cm³/mol. The molecule has 0 fully saturated rings. The first-order valence-corrected chi connectivity index (χ1v) is 7.38. The number of carbonyl (C=O) groups excluding carboxylic acids is 1. The molecule has 1 atom stereocenters. The Hall–Kier alpha value is -0.870. The molecule has 4 heteroatoms. The third-order valence-corrected chi connectivity index (χ3v) is 3.56. The summed E-state index contributed by atoms with van der Waals surface area (Å²) in [7, 11) is 0. The minimum atomic E-state index is -0.0273. The Balaban J connectivity index is 2.49. The summed E-state index contributed by atoms with van der Waals surface area (Å²) in [5, 5.41) is 8.36. The maximum atomic E-state index is 11.9. The van der Waals surface area contributed by atoms with Crippen LogP contribution >= 0.6 is 11.3 Å². The normalized spacial score (nSPS) is 13.3. The number of carbonyl (C=O) groups is 1. The number of rotatable bonds is 6. The first-order valence-electron chi connectivity index (χ1n) is 6.50. The molecule has 102 valence electrons. The van der Waals surface area contributed by atoms with Gasteiger partial charge in [0.2, 0.25) is 5.91 Å². The van der Waals surface area contributed by atoms with Crippen LogP contribution in [-0.2, 0) is 4.79 Å². The van der Waals surface area contributed by atoms with Gasteiger partial charge in [-0.2, -0.15) is 0 Å². The summed E-state index contributed by atoms with van der Waals surface area (Å²) in [5.74, 6) is 0.0665. The summed E-state index contributed by atoms with van der Waals surface area (Å²) in [6, 6.07) is 4.27. The van der Waals surface area contributed by atoms with Gasteiger partial charge in [0.25, 0.3) is 0 Å². The van der Waals surface area contributed by atoms with E-state index in [9.17, 15) is 4.79 Å². The van der Waals surface area contributed by atoms with E-state index in [-0.39, 0.29) is 17.5 Å². The highest BCUT2D eigenvalue weighted by Crippen LogP contribution is 2.22. The first-order chi connectivity index (χ1) is 8.42. The smallest absolute Gasteiger partial charge is 0.234 e. The highest BCUT2D eigenvalue weighted by molar-refractivity contribution is 7.10. The van der Waals surface area contributed by atoms with Crippen molar-refractivity contribution in [3.63, 3.8) is 0 Å². The van der Waals surface area contributed by atoms with E-state index in [1.807, 2.05) is 6.07 Å². The molecule has 18 heavy (non-hydrogen) atoms. The monoisotopic (exact) mass is 268 g/mol. The van der Waals surface area contributed by atoms with Crippen LogP contribution in [0.25, 0.3) is 0 Å². The molecule has 0 bridgehead atoms. The SMILES string of the molecule is CCCC(NC(=O)CNC(C)(C)C)c1cccs1. The molecule has 3 nitrogen and oxygen atoms in total. The molecule has 0 saturated heterocycles. The summed E-state index contributed by atoms with van der Waals surface area (Å²) in [4.78, 5) is 13.1. The Morgan fingerprint density at radius 3 is 2.67 bits per heavy atom. The average molecular weight is 268 g/mol. The lowest BCUT2D eigenvalue weighted by atomic mass is 10.1. The van der Waals surface area contributed by atoms with E-state index in [1.165, 1.54) is 4.88 Å². The van der Waals surface area contributed by atoms with E-state index in [0.29, 0.717) is 6.54 Å². The summed E-state index contributed by atoms with van der Waals surface area (Å²) in [5.41, 5.74) is -0.0273. The zero-order valence-corrected chi connectivity index (χ0v) is 12.6. The Morgan fingerprint density at radius 1 is 1.44 bits per heavy atom. The van der Waals surface area contributed by atoms with Crippen LogP contribution in [0, 0.1) is 0 Å². The van der Waals surface area contributed by atoms with Gasteiger partial charge in [-0.25, -0.2) is 0 Å². The fraction of sp³-hybridized carbons (Fsp3) is 0.643. The Morgan fingerprint density at radius 2 is 2.17 bits per heavy atom. The maximum Gasteiger partial charge on any atom is 0.234 e. The van der Waals surface area contributed by atoms with Crippen molar-refractivity contribution in [1.29, 1.82) is 0 Å². The maximum absolute atomic E-state index is 11.9. The van der Waals surface area contributed by atoms with Crippen molar-refractivity contribution in [3.05, 3.63) is 22.4 Å². The number of hydrogen-bond acceptors (Lipinski definition) is 3. The van der Waals surface area contributed by atoms with Gasteiger partial charge in [-0.05, 0) is 38.6 Å². The third-order valence-electron chi connectivity index (χ3n) is 2.58. The van der Waals surface area contributed by atoms with E-state index in [4.69, 9.17) is 0 Å². The molecule has 1 rings (SSSR count). The van der Waals surface area contributed by atoms with Crippen LogP contribution in [0.4, 0.5) is 0 Å². The zero-order chi connectivity index (χ0) is 13.6. The molecule has 1 aromatic rings. The number of amides is 1. The van der Waals surface area contributed by atoms with Crippen LogP contribution in [0.5, 0.6) is 0 Å². The van der Waals surface area contributed by atoms with Gasteiger partial charge in [0.05, 0.1) is 12.6 Å². The van der Waals surface area contributed by atoms with Gasteiger partial charge in [0, 0.05) is 10.4 Å². The summed E-state index contributed by atoms with van der Waals surface area (Å²) >= 11 is 1.70. The van der Waals surface area contributed by atoms with Crippen molar-refractivity contribution in [2.45, 2.75) is 52.1 Å². The number of hydrogen-bond donors (Lipinski definition) is 2. The number of nitrogens with one attached hydrogen (secondary N) is 2. The Bertz CT molecular complexity index is 354. The van der Waals surface area contributed by atoms with E-state index >= 15 is 0 Å². The van der Waals surface area contributed by atoms with Gasteiger partial charge in [0.1, 0.15) is 0 Å². The zero-order valence-electron chi connectivity index (χ0n) is 11.7. The van der Waals surface area contributed by atoms with E-state index in [1.54, 1.807) is 11.3 Å². The lowest BCUT2D eigenvalue weighted by Crippen LogP contribution is -2.44. The van der Waals surface area contributed by atoms with Crippen LogP contribution < -0.4 is 10.6 Å². The highest BCUT2D eigenvalue weighted by atomic mass is 32.1. The topological polar surface area (TPSA) is 41.1 Å². The fourth-order valence-corrected chi connectivity index (χ4v) is 2.47. The van der Waals surface area contributed by atoms with Crippen molar-refractivity contribution in [2.75, 3.05) is 6.54 Å². The second-order valence-electron chi connectivity index (χ2n) is 5.53. The molecule has 1 amide bonds. The molecule has 0 spiro atoms. The van der Waals surface area contributed by atoms with Gasteiger partial charge in [-0.3, -0.25) is 4.79 Å². The molecule has 0 aliphatic rings. The molecule has 1 heterocycles. The number of thiophene rings is 1. The van der Waals surface area contributed by atoms with Crippen molar-refractivity contribution in [3.8, 4) is 0 Å². The largest absolute Gasteiger partial charge is 0.347 e. The molecule has 0 aliphatic heterocycles. The molecule has 0 radical (unpaired) electrons. The van der Waals surface area contributed by atoms with Crippen LogP contribution in [-0.4, -0.2) is 18.0 Å². The standard InChI is InChI=1S/C14H24N2OS/c1-5-7-11(12-8-6-9-18-12)16-13(17)10-15-14(2,3)4/h6,8-9,11,15H,5,7,10H2,1-4H3,(H,16,17). The molecule has 0 aliphatic carbocycles. The van der Waals surface area contributed by atoms with Crippen LogP contribution in [0.3, 0.4) is 0 Å². The molecule has 0 saturated carbocycles.